The van der Waals surface area contributed by atoms with Crippen molar-refractivity contribution < 1.29 is 107 Å². The molecule has 0 saturated heterocycles. The number of aliphatic hydroxyl groups is 2. The molecule has 0 fully saturated rings. The molecule has 2 rings (SSSR count). The molecule has 0 aliphatic rings. The Balaban J connectivity index is 2.59. The van der Waals surface area contributed by atoms with Crippen LogP contribution in [-0.4, -0.2) is 273 Å². The second-order valence-corrected chi connectivity index (χ2v) is 28.8. The maximum Gasteiger partial charge on any atom is 0.326 e. The van der Waals surface area contributed by atoms with Gasteiger partial charge in [-0.25, -0.2) is 4.79 Å². The maximum absolute atomic E-state index is 14.8. The Hall–Kier alpha value is -11.5. The van der Waals surface area contributed by atoms with Crippen molar-refractivity contribution in [3.63, 3.8) is 0 Å². The van der Waals surface area contributed by atoms with Crippen molar-refractivity contribution in [3.05, 3.63) is 65.7 Å². The summed E-state index contributed by atoms with van der Waals surface area (Å²) in [5.41, 5.74) is 40.1. The lowest BCUT2D eigenvalue weighted by Crippen LogP contribution is -2.63. The number of guanidine groups is 2. The molecule has 45 heteroatoms. The van der Waals surface area contributed by atoms with E-state index in [-0.39, 0.29) is 127 Å². The molecule has 0 radical (unpaired) electrons. The Morgan fingerprint density at radius 1 is 0.398 bits per heavy atom. The van der Waals surface area contributed by atoms with Crippen molar-refractivity contribution in [1.82, 2.24) is 69.1 Å². The van der Waals surface area contributed by atoms with E-state index in [1.54, 1.807) is 36.6 Å². The number of nitrogens with two attached hydrogens (primary N) is 7. The summed E-state index contributed by atoms with van der Waals surface area (Å²) in [5, 5.41) is 92.4. The number of benzene rings is 2. The molecule has 0 spiro atoms. The van der Waals surface area contributed by atoms with Gasteiger partial charge in [-0.2, -0.15) is 11.8 Å². The second kappa shape index (κ2) is 55.1. The molecule has 658 valence electrons. The third-order valence-corrected chi connectivity index (χ3v) is 18.5. The lowest BCUT2D eigenvalue weighted by molar-refractivity contribution is -0.143. The number of hydrogen-bond acceptors (Lipinski definition) is 25. The Labute approximate surface area is 686 Å². The van der Waals surface area contributed by atoms with E-state index in [2.05, 4.69) is 79.1 Å². The summed E-state index contributed by atoms with van der Waals surface area (Å²) in [6, 6.07) is -6.94. The Kier molecular flexibility index (Phi) is 47.9. The van der Waals surface area contributed by atoms with Gasteiger partial charge in [-0.05, 0) is 160 Å². The Morgan fingerprint density at radius 3 is 1.19 bits per heavy atom. The van der Waals surface area contributed by atoms with E-state index < -0.39 is 211 Å². The molecular formula is C73H118N22O22S. The summed E-state index contributed by atoms with van der Waals surface area (Å²) in [6.07, 6.45) is -3.81. The first-order valence-corrected chi connectivity index (χ1v) is 39.6. The minimum absolute atomic E-state index is 0.00877. The number of rotatable bonds is 58. The Morgan fingerprint density at radius 2 is 0.763 bits per heavy atom. The molecule has 13 amide bonds. The van der Waals surface area contributed by atoms with Crippen LogP contribution in [0.3, 0.4) is 0 Å². The monoisotopic (exact) mass is 1690 g/mol. The lowest BCUT2D eigenvalue weighted by Gasteiger charge is -2.29. The average Bonchev–Trinajstić information content (AvgIpc) is 0.846. The number of hydrogen-bond donors (Lipinski definition) is 26. The van der Waals surface area contributed by atoms with Gasteiger partial charge in [0.2, 0.25) is 76.8 Å². The number of aliphatic hydroxyl groups excluding tert-OH is 2. The van der Waals surface area contributed by atoms with E-state index in [1.165, 1.54) is 49.9 Å². The molecule has 0 aromatic heterocycles. The number of carbonyl (C=O) groups excluding carboxylic acids is 13. The van der Waals surface area contributed by atoms with Gasteiger partial charge < -0.3 is 140 Å². The summed E-state index contributed by atoms with van der Waals surface area (Å²) in [6.45, 7) is 4.21. The number of carbonyl (C=O) groups is 16. The van der Waals surface area contributed by atoms with Crippen molar-refractivity contribution in [2.45, 2.75) is 228 Å². The van der Waals surface area contributed by atoms with E-state index in [0.717, 1.165) is 13.8 Å². The predicted molar refractivity (Wildman–Crippen MR) is 431 cm³/mol. The number of aliphatic imine (C=N–C) groups is 2. The minimum atomic E-state index is -1.96. The summed E-state index contributed by atoms with van der Waals surface area (Å²) in [7, 11) is 0. The molecule has 2 aromatic rings. The van der Waals surface area contributed by atoms with Gasteiger partial charge in [-0.15, -0.1) is 0 Å². The number of nitrogens with zero attached hydrogens (tertiary/aromatic N) is 2. The van der Waals surface area contributed by atoms with Crippen LogP contribution in [0.4, 0.5) is 0 Å². The number of nitrogens with one attached hydrogen (secondary N) is 13. The van der Waals surface area contributed by atoms with Gasteiger partial charge in [-0.3, -0.25) is 81.9 Å². The summed E-state index contributed by atoms with van der Waals surface area (Å²) < 4.78 is 0. The van der Waals surface area contributed by atoms with Gasteiger partial charge >= 0.3 is 17.9 Å². The molecule has 33 N–H and O–H groups in total. The van der Waals surface area contributed by atoms with Gasteiger partial charge in [0.15, 0.2) is 11.9 Å². The fourth-order valence-electron chi connectivity index (χ4n) is 11.2. The van der Waals surface area contributed by atoms with Crippen LogP contribution < -0.4 is 109 Å². The molecular weight excluding hydrogens is 1570 g/mol. The first kappa shape index (κ1) is 103. The fourth-order valence-corrected chi connectivity index (χ4v) is 11.7. The number of aliphatic carboxylic acids is 3. The second-order valence-electron chi connectivity index (χ2n) is 27.8. The highest BCUT2D eigenvalue weighted by atomic mass is 32.2. The number of phenols is 1. The number of carboxylic acids is 3. The lowest BCUT2D eigenvalue weighted by atomic mass is 10.0. The SMILES string of the molecule is CSCC[C@H](NC(=O)[C@@H](NC(=O)[C@H](Cc1ccccc1)NC(=O)[C@@H](NC(=O)[C@H](Cc1ccc(O)cc1)NC(=O)[C@H](CCCCN)NC(=O)[C@H](CCCCN)NC(=O)CNC(=O)[C@H](C)NC(=O)[C@@H](N)CCC(=O)O)[C@@H](C)O)[C@@H](C)O)C(=O)N[C@@H](CCCN=C(N)N)C(=O)N[C@@H](CCCN=C(N)N)C(=O)N[C@@H](C)C(=O)N[C@@H](CCC(=O)O)C(=O)O. The highest BCUT2D eigenvalue weighted by molar-refractivity contribution is 7.98. The van der Waals surface area contributed by atoms with E-state index in [1.807, 2.05) is 0 Å². The van der Waals surface area contributed by atoms with E-state index >= 15 is 0 Å². The fraction of sp³-hybridized carbons (Fsp3) is 0.589. The standard InChI is InChI=1S/C73H118N22O22S/c1-38(84-61(106)45(76)25-27-55(100)101)59(104)83-37-54(99)86-46(17-9-11-30-74)63(108)87-47(18-10-12-31-75)65(110)92-52(36-43-21-23-44(98)24-22-43)67(112)95-58(41(4)97)70(115)93-53(35-42-15-7-6-8-16-42)68(113)94-57(40(3)96)69(114)90-50(29-34-118-5)66(111)89-49(20-14-33-82-73(79)80)64(109)88-48(19-13-32-81-72(77)78)62(107)85-39(2)60(105)91-51(71(116)117)26-28-56(102)103/h6-8,15-16,21-24,38-41,45-53,57-58,96-98H,9-14,17-20,25-37,74-76H2,1-5H3,(H,83,104)(H,84,106)(H,85,107)(H,86,99)(H,87,108)(H,88,109)(H,89,111)(H,90,114)(H,91,105)(H,92,110)(H,93,115)(H,94,113)(H,95,112)(H,100,101)(H,102,103)(H,116,117)(H4,77,78,81)(H4,79,80,82)/t38-,39-,40+,41+,45-,46-,47-,48-,49-,50-,51-,52-,53-,57-,58-/m0/s1. The zero-order valence-electron chi connectivity index (χ0n) is 66.7. The third-order valence-electron chi connectivity index (χ3n) is 17.8. The molecule has 0 aliphatic carbocycles. The Bertz CT molecular complexity index is 3710. The van der Waals surface area contributed by atoms with Crippen LogP contribution in [0.25, 0.3) is 0 Å². The van der Waals surface area contributed by atoms with Crippen LogP contribution in [0.2, 0.25) is 0 Å². The molecule has 15 atom stereocenters. The van der Waals surface area contributed by atoms with Crippen LogP contribution in [0, 0.1) is 0 Å². The number of thioether (sulfide) groups is 1. The van der Waals surface area contributed by atoms with Crippen molar-refractivity contribution in [3.8, 4) is 5.75 Å². The number of unbranched alkanes of at least 4 members (excludes halogenated alkanes) is 2. The molecule has 44 nitrogen and oxygen atoms in total. The number of amides is 13. The van der Waals surface area contributed by atoms with Crippen molar-refractivity contribution in [1.29, 1.82) is 0 Å². The molecule has 0 saturated carbocycles. The predicted octanol–water partition coefficient (Wildman–Crippen LogP) is -7.83. The molecule has 0 bridgehead atoms. The highest BCUT2D eigenvalue weighted by Crippen LogP contribution is 2.16. The first-order chi connectivity index (χ1) is 55.7. The van der Waals surface area contributed by atoms with Crippen molar-refractivity contribution in [2.75, 3.05) is 44.7 Å². The van der Waals surface area contributed by atoms with E-state index in [0.29, 0.717) is 24.0 Å². The number of carboxylic acid groups (broad SMARTS) is 3. The molecule has 0 heterocycles. The van der Waals surface area contributed by atoms with Crippen LogP contribution in [-0.2, 0) is 89.6 Å². The molecule has 118 heavy (non-hydrogen) atoms. The van der Waals surface area contributed by atoms with Gasteiger partial charge in [0.25, 0.3) is 0 Å². The van der Waals surface area contributed by atoms with Gasteiger partial charge in [0.1, 0.15) is 78.3 Å². The minimum Gasteiger partial charge on any atom is -0.508 e. The van der Waals surface area contributed by atoms with E-state index in [9.17, 15) is 97.1 Å². The summed E-state index contributed by atoms with van der Waals surface area (Å²) in [4.78, 5) is 224. The van der Waals surface area contributed by atoms with Gasteiger partial charge in [0.05, 0.1) is 24.8 Å². The van der Waals surface area contributed by atoms with E-state index in [4.69, 9.17) is 50.3 Å². The quantitative estimate of drug-likeness (QED) is 0.0166. The van der Waals surface area contributed by atoms with Crippen LogP contribution in [0.1, 0.15) is 135 Å². The zero-order valence-corrected chi connectivity index (χ0v) is 67.5. The van der Waals surface area contributed by atoms with Crippen molar-refractivity contribution in [2.24, 2.45) is 50.1 Å². The number of phenolic OH excluding ortho intramolecular Hbond substituents is 1. The molecule has 2 aromatic carbocycles. The van der Waals surface area contributed by atoms with Gasteiger partial charge in [-0.1, -0.05) is 42.5 Å². The van der Waals surface area contributed by atoms with Crippen LogP contribution in [0.5, 0.6) is 5.75 Å². The largest absolute Gasteiger partial charge is 0.508 e. The third kappa shape index (κ3) is 40.8. The molecule has 0 aliphatic heterocycles. The molecule has 0 unspecified atom stereocenters. The maximum atomic E-state index is 14.8. The van der Waals surface area contributed by atoms with Gasteiger partial charge in [0, 0.05) is 38.8 Å². The first-order valence-electron chi connectivity index (χ1n) is 38.2. The normalized spacial score (nSPS) is 14.8. The highest BCUT2D eigenvalue weighted by Gasteiger charge is 2.39. The van der Waals surface area contributed by atoms with Crippen LogP contribution >= 0.6 is 11.8 Å². The smallest absolute Gasteiger partial charge is 0.326 e. The zero-order chi connectivity index (χ0) is 88.7. The van der Waals surface area contributed by atoms with Crippen molar-refractivity contribution >= 4 is 118 Å². The topological polar surface area (TPSA) is 758 Å². The average molecular weight is 1690 g/mol. The summed E-state index contributed by atoms with van der Waals surface area (Å²) in [5.74, 6) is -17.8. The van der Waals surface area contributed by atoms with Crippen LogP contribution in [0.15, 0.2) is 64.6 Å². The number of aromatic hydroxyl groups is 1. The summed E-state index contributed by atoms with van der Waals surface area (Å²) >= 11 is 1.23.